The van der Waals surface area contributed by atoms with E-state index in [9.17, 15) is 14.9 Å². The molecule has 1 amide bonds. The molecular formula is C15H21N3O3. The fourth-order valence-electron chi connectivity index (χ4n) is 2.74. The van der Waals surface area contributed by atoms with Crippen LogP contribution in [-0.2, 0) is 4.79 Å². The summed E-state index contributed by atoms with van der Waals surface area (Å²) in [7, 11) is 1.98. The van der Waals surface area contributed by atoms with Crippen molar-refractivity contribution in [1.82, 2.24) is 4.90 Å². The zero-order chi connectivity index (χ0) is 15.2. The summed E-state index contributed by atoms with van der Waals surface area (Å²) in [6, 6.07) is 6.37. The number of carbonyl (C=O) groups is 1. The van der Waals surface area contributed by atoms with Gasteiger partial charge in [-0.3, -0.25) is 19.8 Å². The quantitative estimate of drug-likeness (QED) is 0.668. The molecule has 0 heterocycles. The maximum Gasteiger partial charge on any atom is 0.269 e. The molecule has 0 aliphatic heterocycles. The Hall–Kier alpha value is -1.95. The second kappa shape index (κ2) is 7.17. The molecular weight excluding hydrogens is 270 g/mol. The molecule has 0 saturated heterocycles. The summed E-state index contributed by atoms with van der Waals surface area (Å²) >= 11 is 0. The number of carbonyl (C=O) groups excluding carboxylic acids is 1. The number of hydrogen-bond donors (Lipinski definition) is 1. The molecule has 1 fully saturated rings. The summed E-state index contributed by atoms with van der Waals surface area (Å²) in [6.07, 6.45) is 6.07. The van der Waals surface area contributed by atoms with Gasteiger partial charge in [0.05, 0.1) is 11.5 Å². The van der Waals surface area contributed by atoms with Gasteiger partial charge in [0.25, 0.3) is 5.69 Å². The monoisotopic (exact) mass is 291 g/mol. The first kappa shape index (κ1) is 15.4. The van der Waals surface area contributed by atoms with Crippen LogP contribution in [0.2, 0.25) is 0 Å². The van der Waals surface area contributed by atoms with E-state index in [-0.39, 0.29) is 11.6 Å². The van der Waals surface area contributed by atoms with Gasteiger partial charge in [-0.1, -0.05) is 19.3 Å². The maximum atomic E-state index is 12.0. The van der Waals surface area contributed by atoms with Crippen LogP contribution in [0.15, 0.2) is 24.3 Å². The van der Waals surface area contributed by atoms with Crippen LogP contribution in [0.1, 0.15) is 32.1 Å². The first-order valence-electron chi connectivity index (χ1n) is 7.31. The summed E-state index contributed by atoms with van der Waals surface area (Å²) in [5, 5.41) is 13.3. The minimum Gasteiger partial charge on any atom is -0.325 e. The molecule has 0 bridgehead atoms. The topological polar surface area (TPSA) is 75.5 Å². The number of non-ortho nitro benzene ring substituents is 1. The molecule has 0 atom stereocenters. The average Bonchev–Trinajstić information content (AvgIpc) is 2.48. The first-order chi connectivity index (χ1) is 10.1. The van der Waals surface area contributed by atoms with Crippen molar-refractivity contribution in [3.05, 3.63) is 34.4 Å². The number of nitrogens with zero attached hydrogens (tertiary/aromatic N) is 2. The van der Waals surface area contributed by atoms with Crippen LogP contribution in [0, 0.1) is 10.1 Å². The predicted octanol–water partition coefficient (Wildman–Crippen LogP) is 2.80. The fraction of sp³-hybridized carbons (Fsp3) is 0.533. The SMILES string of the molecule is CN(CC(=O)Nc1ccc([N+](=O)[O-])cc1)C1CCCCC1. The number of likely N-dealkylation sites (N-methyl/N-ethyl adjacent to an activating group) is 1. The number of amides is 1. The van der Waals surface area contributed by atoms with Crippen LogP contribution in [-0.4, -0.2) is 35.4 Å². The number of rotatable bonds is 5. The lowest BCUT2D eigenvalue weighted by Gasteiger charge is -2.30. The van der Waals surface area contributed by atoms with Crippen molar-refractivity contribution in [2.24, 2.45) is 0 Å². The molecule has 21 heavy (non-hydrogen) atoms. The molecule has 6 heteroatoms. The molecule has 1 aliphatic rings. The zero-order valence-corrected chi connectivity index (χ0v) is 12.2. The molecule has 0 unspecified atom stereocenters. The molecule has 1 aromatic carbocycles. The highest BCUT2D eigenvalue weighted by molar-refractivity contribution is 5.92. The van der Waals surface area contributed by atoms with Gasteiger partial charge >= 0.3 is 0 Å². The number of nitrogens with one attached hydrogen (secondary N) is 1. The fourth-order valence-corrected chi connectivity index (χ4v) is 2.74. The second-order valence-corrected chi connectivity index (χ2v) is 5.56. The summed E-state index contributed by atoms with van der Waals surface area (Å²) in [5.41, 5.74) is 0.606. The first-order valence-corrected chi connectivity index (χ1v) is 7.31. The number of nitro groups is 1. The van der Waals surface area contributed by atoms with Gasteiger partial charge in [-0.25, -0.2) is 0 Å². The van der Waals surface area contributed by atoms with Gasteiger partial charge < -0.3 is 5.32 Å². The van der Waals surface area contributed by atoms with Gasteiger partial charge in [-0.15, -0.1) is 0 Å². The third-order valence-corrected chi connectivity index (χ3v) is 3.95. The van der Waals surface area contributed by atoms with Crippen molar-refractivity contribution < 1.29 is 9.72 Å². The van der Waals surface area contributed by atoms with Gasteiger partial charge in [0.15, 0.2) is 0 Å². The van der Waals surface area contributed by atoms with E-state index in [4.69, 9.17) is 0 Å². The van der Waals surface area contributed by atoms with Crippen molar-refractivity contribution in [2.75, 3.05) is 18.9 Å². The smallest absolute Gasteiger partial charge is 0.269 e. The molecule has 1 saturated carbocycles. The molecule has 6 nitrogen and oxygen atoms in total. The Morgan fingerprint density at radius 1 is 1.29 bits per heavy atom. The zero-order valence-electron chi connectivity index (χ0n) is 12.2. The average molecular weight is 291 g/mol. The highest BCUT2D eigenvalue weighted by Crippen LogP contribution is 2.21. The number of nitro benzene ring substituents is 1. The van der Waals surface area contributed by atoms with Crippen LogP contribution < -0.4 is 5.32 Å². The second-order valence-electron chi connectivity index (χ2n) is 5.56. The minimum atomic E-state index is -0.456. The highest BCUT2D eigenvalue weighted by Gasteiger charge is 2.19. The molecule has 0 radical (unpaired) electrons. The van der Waals surface area contributed by atoms with Crippen molar-refractivity contribution in [2.45, 2.75) is 38.1 Å². The minimum absolute atomic E-state index is 0.0207. The van der Waals surface area contributed by atoms with Gasteiger partial charge in [-0.2, -0.15) is 0 Å². The third kappa shape index (κ3) is 4.53. The lowest BCUT2D eigenvalue weighted by molar-refractivity contribution is -0.384. The van der Waals surface area contributed by atoms with Crippen LogP contribution in [0.4, 0.5) is 11.4 Å². The van der Waals surface area contributed by atoms with Crippen molar-refractivity contribution in [3.8, 4) is 0 Å². The largest absolute Gasteiger partial charge is 0.325 e. The molecule has 1 aliphatic carbocycles. The Morgan fingerprint density at radius 3 is 2.48 bits per heavy atom. The number of benzene rings is 1. The maximum absolute atomic E-state index is 12.0. The van der Waals surface area contributed by atoms with E-state index >= 15 is 0 Å². The highest BCUT2D eigenvalue weighted by atomic mass is 16.6. The Bertz CT molecular complexity index is 495. The normalized spacial score (nSPS) is 15.9. The lowest BCUT2D eigenvalue weighted by atomic mass is 9.94. The molecule has 1 aromatic rings. The van der Waals surface area contributed by atoms with E-state index in [0.29, 0.717) is 18.3 Å². The predicted molar refractivity (Wildman–Crippen MR) is 81.2 cm³/mol. The Morgan fingerprint density at radius 2 is 1.90 bits per heavy atom. The van der Waals surface area contributed by atoms with E-state index in [1.807, 2.05) is 7.05 Å². The standard InChI is InChI=1S/C15H21N3O3/c1-17(13-5-3-2-4-6-13)11-15(19)16-12-7-9-14(10-8-12)18(20)21/h7-10,13H,2-6,11H2,1H3,(H,16,19). The van der Waals surface area contributed by atoms with Crippen LogP contribution in [0.3, 0.4) is 0 Å². The van der Waals surface area contributed by atoms with Crippen molar-refractivity contribution >= 4 is 17.3 Å². The molecule has 114 valence electrons. The van der Waals surface area contributed by atoms with E-state index in [0.717, 1.165) is 12.8 Å². The van der Waals surface area contributed by atoms with E-state index in [2.05, 4.69) is 10.2 Å². The van der Waals surface area contributed by atoms with Crippen LogP contribution >= 0.6 is 0 Å². The van der Waals surface area contributed by atoms with Gasteiger partial charge in [0.1, 0.15) is 0 Å². The van der Waals surface area contributed by atoms with Crippen molar-refractivity contribution in [1.29, 1.82) is 0 Å². The van der Waals surface area contributed by atoms with Crippen LogP contribution in [0.25, 0.3) is 0 Å². The van der Waals surface area contributed by atoms with E-state index < -0.39 is 4.92 Å². The van der Waals surface area contributed by atoms with Gasteiger partial charge in [-0.05, 0) is 32.0 Å². The van der Waals surface area contributed by atoms with Crippen molar-refractivity contribution in [3.63, 3.8) is 0 Å². The van der Waals surface area contributed by atoms with Crippen LogP contribution in [0.5, 0.6) is 0 Å². The number of anilines is 1. The third-order valence-electron chi connectivity index (χ3n) is 3.95. The Balaban J connectivity index is 1.84. The van der Waals surface area contributed by atoms with E-state index in [1.165, 1.54) is 31.4 Å². The summed E-state index contributed by atoms with van der Waals surface area (Å²) in [6.45, 7) is 0.349. The Kier molecular flexibility index (Phi) is 5.27. The Labute approximate surface area is 124 Å². The number of hydrogen-bond acceptors (Lipinski definition) is 4. The summed E-state index contributed by atoms with van der Waals surface area (Å²) < 4.78 is 0. The summed E-state index contributed by atoms with van der Waals surface area (Å²) in [4.78, 5) is 24.2. The molecule has 0 aromatic heterocycles. The van der Waals surface area contributed by atoms with E-state index in [1.54, 1.807) is 12.1 Å². The molecule has 2 rings (SSSR count). The van der Waals surface area contributed by atoms with Gasteiger partial charge in [0, 0.05) is 23.9 Å². The molecule has 1 N–H and O–H groups in total. The summed E-state index contributed by atoms with van der Waals surface area (Å²) in [5.74, 6) is -0.0862. The lowest BCUT2D eigenvalue weighted by Crippen LogP contribution is -2.39. The van der Waals surface area contributed by atoms with Gasteiger partial charge in [0.2, 0.25) is 5.91 Å². The molecule has 0 spiro atoms.